The Bertz CT molecular complexity index is 858. The maximum Gasteiger partial charge on any atom is 0.372 e. The van der Waals surface area contributed by atoms with Gasteiger partial charge in [-0.3, -0.25) is 4.99 Å². The van der Waals surface area contributed by atoms with Crippen molar-refractivity contribution in [3.8, 4) is 5.75 Å². The largest absolute Gasteiger partial charge is 1.00 e. The molecule has 0 spiro atoms. The lowest BCUT2D eigenvalue weighted by atomic mass is 10.0. The molecule has 2 aromatic rings. The van der Waals surface area contributed by atoms with Gasteiger partial charge in [0.2, 0.25) is 0 Å². The van der Waals surface area contributed by atoms with Crippen molar-refractivity contribution in [2.45, 2.75) is 26.8 Å². The Balaban J connectivity index is 0.00000280. The average molecular weight is 399 g/mol. The number of guanidine groups is 1. The molecular weight excluding hydrogens is 372 g/mol. The van der Waals surface area contributed by atoms with Crippen molar-refractivity contribution >= 4 is 17.4 Å². The van der Waals surface area contributed by atoms with E-state index >= 15 is 0 Å². The maximum atomic E-state index is 5.26. The second-order valence-corrected chi connectivity index (χ2v) is 6.90. The third kappa shape index (κ3) is 5.36. The van der Waals surface area contributed by atoms with Gasteiger partial charge in [0.1, 0.15) is 11.4 Å². The highest BCUT2D eigenvalue weighted by Crippen LogP contribution is 2.18. The number of benzene rings is 2. The number of hydrogen-bond acceptors (Lipinski definition) is 4. The Morgan fingerprint density at radius 3 is 2.39 bits per heavy atom. The predicted molar refractivity (Wildman–Crippen MR) is 110 cm³/mol. The quantitative estimate of drug-likeness (QED) is 0.453. The molecule has 0 fully saturated rings. The van der Waals surface area contributed by atoms with Gasteiger partial charge in [0.05, 0.1) is 18.9 Å². The van der Waals surface area contributed by atoms with Crippen LogP contribution >= 0.6 is 0 Å². The summed E-state index contributed by atoms with van der Waals surface area (Å²) in [6.07, 6.45) is 2.21. The zero-order valence-corrected chi connectivity index (χ0v) is 17.4. The number of halogens is 1. The molecule has 3 N–H and O–H groups in total. The fourth-order valence-electron chi connectivity index (χ4n) is 2.84. The van der Waals surface area contributed by atoms with E-state index in [1.165, 1.54) is 0 Å². The molecule has 1 atom stereocenters. The molecular formula is C22H27ClN4O. The van der Waals surface area contributed by atoms with E-state index in [1.54, 1.807) is 7.11 Å². The number of methoxy groups -OCH3 is 1. The highest BCUT2D eigenvalue weighted by molar-refractivity contribution is 5.99. The van der Waals surface area contributed by atoms with Gasteiger partial charge in [-0.25, -0.2) is 5.32 Å². The van der Waals surface area contributed by atoms with E-state index in [0.29, 0.717) is 5.92 Å². The van der Waals surface area contributed by atoms with E-state index < -0.39 is 0 Å². The topological polar surface area (TPSA) is 59.6 Å². The van der Waals surface area contributed by atoms with Crippen LogP contribution in [0.3, 0.4) is 0 Å². The number of rotatable bonds is 5. The summed E-state index contributed by atoms with van der Waals surface area (Å²) >= 11 is 0. The summed E-state index contributed by atoms with van der Waals surface area (Å²) in [5.41, 5.74) is 7.31. The monoisotopic (exact) mass is 398 g/mol. The van der Waals surface area contributed by atoms with E-state index in [0.717, 1.165) is 34.2 Å². The number of hydrazone groups is 1. The molecule has 0 amide bonds. The molecule has 1 heterocycles. The van der Waals surface area contributed by atoms with Crippen LogP contribution in [0, 0.1) is 5.92 Å². The summed E-state index contributed by atoms with van der Waals surface area (Å²) < 4.78 is 5.26. The van der Waals surface area contributed by atoms with Crippen molar-refractivity contribution < 1.29 is 22.1 Å². The van der Waals surface area contributed by atoms with Crippen LogP contribution < -0.4 is 32.9 Å². The molecule has 148 valence electrons. The second-order valence-electron chi connectivity index (χ2n) is 6.90. The molecule has 0 saturated carbocycles. The third-order valence-electron chi connectivity index (χ3n) is 4.56. The van der Waals surface area contributed by atoms with Crippen LogP contribution in [-0.4, -0.2) is 24.8 Å². The first-order chi connectivity index (χ1) is 13.1. The Hall–Kier alpha value is -2.79. The van der Waals surface area contributed by atoms with Gasteiger partial charge in [-0.15, -0.1) is 5.10 Å². The molecule has 1 aliphatic rings. The van der Waals surface area contributed by atoms with Crippen LogP contribution in [0.2, 0.25) is 0 Å². The summed E-state index contributed by atoms with van der Waals surface area (Å²) in [7, 11) is 1.68. The van der Waals surface area contributed by atoms with Crippen LogP contribution in [0.5, 0.6) is 5.75 Å². The molecule has 3 rings (SSSR count). The molecule has 0 aliphatic carbocycles. The van der Waals surface area contributed by atoms with Crippen molar-refractivity contribution in [1.82, 2.24) is 10.7 Å². The summed E-state index contributed by atoms with van der Waals surface area (Å²) in [6, 6.07) is 18.4. The first kappa shape index (κ1) is 21.5. The van der Waals surface area contributed by atoms with E-state index in [4.69, 9.17) is 4.74 Å². The minimum absolute atomic E-state index is 0. The standard InChI is InChI=1S/C22H26N4O.ClH/c1-15(2)20-14-21(18-10-12-19(27-4)13-11-18)24-22(23-20)26-25-16(3)17-8-6-5-7-9-17;/h5-15,20H,1-4H3,(H2,23,24,26);1H/b25-16+;. The summed E-state index contributed by atoms with van der Waals surface area (Å²) in [5, 5.41) is 7.93. The first-order valence-corrected chi connectivity index (χ1v) is 9.19. The normalized spacial score (nSPS) is 16.5. The van der Waals surface area contributed by atoms with Crippen molar-refractivity contribution in [2.24, 2.45) is 11.0 Å². The summed E-state index contributed by atoms with van der Waals surface area (Å²) in [4.78, 5) is 3.47. The van der Waals surface area contributed by atoms with E-state index in [2.05, 4.69) is 52.9 Å². The highest BCUT2D eigenvalue weighted by atomic mass is 35.5. The summed E-state index contributed by atoms with van der Waals surface area (Å²) in [5.74, 6) is 2.06. The second kappa shape index (κ2) is 9.95. The molecule has 1 aliphatic heterocycles. The van der Waals surface area contributed by atoms with E-state index in [-0.39, 0.29) is 18.4 Å². The highest BCUT2D eigenvalue weighted by Gasteiger charge is 2.23. The lowest BCUT2D eigenvalue weighted by Gasteiger charge is -2.20. The van der Waals surface area contributed by atoms with Crippen LogP contribution in [-0.2, 0) is 0 Å². The molecule has 0 saturated heterocycles. The Morgan fingerprint density at radius 1 is 1.11 bits per heavy atom. The molecule has 0 bridgehead atoms. The lowest BCUT2D eigenvalue weighted by Crippen LogP contribution is -3.00. The van der Waals surface area contributed by atoms with Gasteiger partial charge in [0.25, 0.3) is 0 Å². The SMILES string of the molecule is COc1ccc(C2=CC(C(C)C)[NH+]=C(N/N=C(\C)c3ccccc3)N2)cc1.[Cl-]. The number of nitrogens with zero attached hydrogens (tertiary/aromatic N) is 1. The van der Waals surface area contributed by atoms with Gasteiger partial charge in [0.15, 0.2) is 0 Å². The number of hydrogen-bond donors (Lipinski definition) is 3. The molecule has 5 nitrogen and oxygen atoms in total. The molecule has 1 unspecified atom stereocenters. The zero-order chi connectivity index (χ0) is 19.2. The minimum Gasteiger partial charge on any atom is -1.00 e. The Labute approximate surface area is 173 Å². The van der Waals surface area contributed by atoms with Crippen molar-refractivity contribution in [3.63, 3.8) is 0 Å². The van der Waals surface area contributed by atoms with Crippen LogP contribution in [0.1, 0.15) is 31.9 Å². The fraction of sp³-hybridized carbons (Fsp3) is 0.273. The molecule has 0 aromatic heterocycles. The van der Waals surface area contributed by atoms with Gasteiger partial charge in [-0.2, -0.15) is 5.43 Å². The zero-order valence-electron chi connectivity index (χ0n) is 16.7. The van der Waals surface area contributed by atoms with Crippen LogP contribution in [0.25, 0.3) is 5.70 Å². The molecule has 2 aromatic carbocycles. The average Bonchev–Trinajstić information content (AvgIpc) is 2.72. The smallest absolute Gasteiger partial charge is 0.372 e. The molecule has 6 heteroatoms. The molecule has 0 radical (unpaired) electrons. The first-order valence-electron chi connectivity index (χ1n) is 9.19. The Kier molecular flexibility index (Phi) is 7.64. The number of ether oxygens (including phenoxy) is 1. The van der Waals surface area contributed by atoms with Crippen molar-refractivity contribution in [3.05, 3.63) is 71.8 Å². The fourth-order valence-corrected chi connectivity index (χ4v) is 2.84. The summed E-state index contributed by atoms with van der Waals surface area (Å²) in [6.45, 7) is 6.38. The van der Waals surface area contributed by atoms with Gasteiger partial charge in [-0.1, -0.05) is 44.2 Å². The third-order valence-corrected chi connectivity index (χ3v) is 4.56. The van der Waals surface area contributed by atoms with Crippen LogP contribution in [0.4, 0.5) is 0 Å². The van der Waals surface area contributed by atoms with E-state index in [9.17, 15) is 0 Å². The minimum atomic E-state index is 0. The van der Waals surface area contributed by atoms with E-state index in [1.807, 2.05) is 49.4 Å². The van der Waals surface area contributed by atoms with Gasteiger partial charge >= 0.3 is 5.96 Å². The lowest BCUT2D eigenvalue weighted by molar-refractivity contribution is -0.503. The Morgan fingerprint density at radius 2 is 1.79 bits per heavy atom. The van der Waals surface area contributed by atoms with Crippen LogP contribution in [0.15, 0.2) is 65.8 Å². The van der Waals surface area contributed by atoms with Gasteiger partial charge in [-0.05, 0) is 48.7 Å². The van der Waals surface area contributed by atoms with Gasteiger partial charge < -0.3 is 17.1 Å². The van der Waals surface area contributed by atoms with Gasteiger partial charge in [0, 0.05) is 5.56 Å². The predicted octanol–water partition coefficient (Wildman–Crippen LogP) is -0.882. The molecule has 28 heavy (non-hydrogen) atoms. The van der Waals surface area contributed by atoms with Crippen molar-refractivity contribution in [2.75, 3.05) is 7.11 Å². The maximum absolute atomic E-state index is 5.26. The number of nitrogens with one attached hydrogen (secondary N) is 3. The van der Waals surface area contributed by atoms with Crippen molar-refractivity contribution in [1.29, 1.82) is 0 Å².